The highest BCUT2D eigenvalue weighted by Crippen LogP contribution is 2.34. The first-order valence-corrected chi connectivity index (χ1v) is 5.58. The molecule has 0 amide bonds. The third-order valence-corrected chi connectivity index (χ3v) is 2.89. The predicted octanol–water partition coefficient (Wildman–Crippen LogP) is 3.19. The van der Waals surface area contributed by atoms with Crippen LogP contribution in [0.5, 0.6) is 5.75 Å². The van der Waals surface area contributed by atoms with Crippen molar-refractivity contribution in [1.82, 2.24) is 0 Å². The number of rotatable bonds is 0. The van der Waals surface area contributed by atoms with Gasteiger partial charge in [0, 0.05) is 10.0 Å². The van der Waals surface area contributed by atoms with Crippen LogP contribution in [-0.2, 0) is 4.79 Å². The molecule has 4 heteroatoms. The summed E-state index contributed by atoms with van der Waals surface area (Å²) in [6.07, 6.45) is 3.30. The lowest BCUT2D eigenvalue weighted by atomic mass is 10.2. The van der Waals surface area contributed by atoms with E-state index in [-0.39, 0.29) is 12.4 Å². The highest BCUT2D eigenvalue weighted by molar-refractivity contribution is 9.11. The molecule has 2 rings (SSSR count). The molecule has 1 heterocycles. The Bertz CT molecular complexity index is 424. The van der Waals surface area contributed by atoms with E-state index in [1.54, 1.807) is 6.08 Å². The molecule has 0 aromatic heterocycles. The van der Waals surface area contributed by atoms with Crippen molar-refractivity contribution in [3.63, 3.8) is 0 Å². The maximum absolute atomic E-state index is 11.1. The van der Waals surface area contributed by atoms with Crippen LogP contribution in [0.15, 0.2) is 27.2 Å². The second-order valence-corrected chi connectivity index (χ2v) is 4.66. The second kappa shape index (κ2) is 3.87. The number of halogens is 2. The minimum Gasteiger partial charge on any atom is -0.484 e. The summed E-state index contributed by atoms with van der Waals surface area (Å²) in [5.41, 5.74) is 0.900. The van der Waals surface area contributed by atoms with E-state index in [9.17, 15) is 4.79 Å². The minimum absolute atomic E-state index is 0.0239. The molecule has 0 saturated carbocycles. The highest BCUT2D eigenvalue weighted by atomic mass is 79.9. The molecule has 0 atom stereocenters. The zero-order valence-electron chi connectivity index (χ0n) is 7.09. The number of hydrogen-bond acceptors (Lipinski definition) is 2. The van der Waals surface area contributed by atoms with Crippen LogP contribution in [0.1, 0.15) is 5.56 Å². The number of fused-ring (bicyclic) bond motifs is 1. The SMILES string of the molecule is O=C1C=Cc2cc(Br)cc(Br)c2OC1. The quantitative estimate of drug-likeness (QED) is 0.734. The first kappa shape index (κ1) is 9.93. The van der Waals surface area contributed by atoms with Gasteiger partial charge in [-0.3, -0.25) is 4.79 Å². The van der Waals surface area contributed by atoms with Crippen LogP contribution in [-0.4, -0.2) is 12.4 Å². The lowest BCUT2D eigenvalue weighted by Crippen LogP contribution is -2.06. The zero-order valence-corrected chi connectivity index (χ0v) is 10.3. The smallest absolute Gasteiger partial charge is 0.193 e. The fourth-order valence-electron chi connectivity index (χ4n) is 1.23. The maximum atomic E-state index is 11.1. The molecule has 2 nitrogen and oxygen atoms in total. The Labute approximate surface area is 98.2 Å². The molecular weight excluding hydrogens is 312 g/mol. The minimum atomic E-state index is -0.0239. The van der Waals surface area contributed by atoms with Crippen LogP contribution in [0, 0.1) is 0 Å². The average molecular weight is 318 g/mol. The Kier molecular flexibility index (Phi) is 2.74. The van der Waals surface area contributed by atoms with Crippen molar-refractivity contribution in [1.29, 1.82) is 0 Å². The fourth-order valence-corrected chi connectivity index (χ4v) is 2.60. The van der Waals surface area contributed by atoms with E-state index >= 15 is 0 Å². The molecule has 0 radical (unpaired) electrons. The first-order chi connectivity index (χ1) is 6.66. The summed E-state index contributed by atoms with van der Waals surface area (Å²) < 4.78 is 7.16. The van der Waals surface area contributed by atoms with Crippen LogP contribution < -0.4 is 4.74 Å². The van der Waals surface area contributed by atoms with Crippen molar-refractivity contribution in [2.45, 2.75) is 0 Å². The van der Waals surface area contributed by atoms with Crippen LogP contribution >= 0.6 is 31.9 Å². The van der Waals surface area contributed by atoms with Crippen LogP contribution in [0.4, 0.5) is 0 Å². The second-order valence-electron chi connectivity index (χ2n) is 2.89. The Balaban J connectivity index is 2.56. The largest absolute Gasteiger partial charge is 0.484 e. The Morgan fingerprint density at radius 3 is 2.79 bits per heavy atom. The molecule has 0 saturated heterocycles. The average Bonchev–Trinajstić information content (AvgIpc) is 2.28. The molecule has 0 aliphatic carbocycles. The molecular formula is C10H6Br2O2. The fraction of sp³-hybridized carbons (Fsp3) is 0.100. The van der Waals surface area contributed by atoms with E-state index < -0.39 is 0 Å². The lowest BCUT2D eigenvalue weighted by molar-refractivity contribution is -0.116. The van der Waals surface area contributed by atoms with Crippen LogP contribution in [0.2, 0.25) is 0 Å². The number of benzene rings is 1. The Morgan fingerprint density at radius 1 is 1.21 bits per heavy atom. The Morgan fingerprint density at radius 2 is 2.00 bits per heavy atom. The summed E-state index contributed by atoms with van der Waals surface area (Å²) in [6, 6.07) is 3.80. The summed E-state index contributed by atoms with van der Waals surface area (Å²) in [6.45, 7) is 0.101. The van der Waals surface area contributed by atoms with Gasteiger partial charge in [0.15, 0.2) is 12.4 Å². The molecule has 0 N–H and O–H groups in total. The van der Waals surface area contributed by atoms with E-state index in [1.165, 1.54) is 6.08 Å². The van der Waals surface area contributed by atoms with Gasteiger partial charge in [0.25, 0.3) is 0 Å². The number of ketones is 1. The van der Waals surface area contributed by atoms with Crippen LogP contribution in [0.3, 0.4) is 0 Å². The summed E-state index contributed by atoms with van der Waals surface area (Å²) in [5, 5.41) is 0. The number of ether oxygens (including phenoxy) is 1. The van der Waals surface area contributed by atoms with Crippen LogP contribution in [0.25, 0.3) is 6.08 Å². The predicted molar refractivity (Wildman–Crippen MR) is 61.4 cm³/mol. The Hall–Kier alpha value is -0.610. The monoisotopic (exact) mass is 316 g/mol. The molecule has 1 aromatic rings. The van der Waals surface area contributed by atoms with Crippen molar-refractivity contribution in [3.8, 4) is 5.75 Å². The molecule has 1 aromatic carbocycles. The molecule has 14 heavy (non-hydrogen) atoms. The normalized spacial score (nSPS) is 14.6. The highest BCUT2D eigenvalue weighted by Gasteiger charge is 2.12. The standard InChI is InChI=1S/C10H6Br2O2/c11-7-3-6-1-2-8(13)5-14-10(6)9(12)4-7/h1-4H,5H2. The molecule has 1 aliphatic rings. The molecule has 0 spiro atoms. The van der Waals surface area contributed by atoms with Crippen molar-refractivity contribution in [2.24, 2.45) is 0 Å². The number of carbonyl (C=O) groups is 1. The number of hydrogen-bond donors (Lipinski definition) is 0. The van der Waals surface area contributed by atoms with Crippen molar-refractivity contribution in [3.05, 3.63) is 32.7 Å². The van der Waals surface area contributed by atoms with E-state index in [0.717, 1.165) is 20.3 Å². The molecule has 0 bridgehead atoms. The first-order valence-electron chi connectivity index (χ1n) is 3.99. The topological polar surface area (TPSA) is 26.3 Å². The molecule has 0 unspecified atom stereocenters. The summed E-state index contributed by atoms with van der Waals surface area (Å²) in [5.74, 6) is 0.694. The molecule has 0 fully saturated rings. The van der Waals surface area contributed by atoms with Gasteiger partial charge in [-0.05, 0) is 40.2 Å². The van der Waals surface area contributed by atoms with Gasteiger partial charge >= 0.3 is 0 Å². The van der Waals surface area contributed by atoms with Gasteiger partial charge in [-0.15, -0.1) is 0 Å². The van der Waals surface area contributed by atoms with Gasteiger partial charge in [0.1, 0.15) is 5.75 Å². The maximum Gasteiger partial charge on any atom is 0.193 e. The summed E-state index contributed by atoms with van der Waals surface area (Å²) in [7, 11) is 0. The van der Waals surface area contributed by atoms with Crippen molar-refractivity contribution < 1.29 is 9.53 Å². The van der Waals surface area contributed by atoms with E-state index in [4.69, 9.17) is 4.74 Å². The van der Waals surface area contributed by atoms with Crippen molar-refractivity contribution >= 4 is 43.7 Å². The van der Waals surface area contributed by atoms with Gasteiger partial charge in [0.05, 0.1) is 4.47 Å². The molecule has 72 valence electrons. The van der Waals surface area contributed by atoms with Gasteiger partial charge in [0.2, 0.25) is 0 Å². The van der Waals surface area contributed by atoms with Gasteiger partial charge in [-0.2, -0.15) is 0 Å². The molecule has 1 aliphatic heterocycles. The third kappa shape index (κ3) is 1.91. The van der Waals surface area contributed by atoms with Gasteiger partial charge in [-0.1, -0.05) is 15.9 Å². The zero-order chi connectivity index (χ0) is 10.1. The summed E-state index contributed by atoms with van der Waals surface area (Å²) >= 11 is 6.76. The summed E-state index contributed by atoms with van der Waals surface area (Å²) in [4.78, 5) is 11.1. The van der Waals surface area contributed by atoms with Gasteiger partial charge in [-0.25, -0.2) is 0 Å². The van der Waals surface area contributed by atoms with E-state index in [1.807, 2.05) is 12.1 Å². The number of carbonyl (C=O) groups excluding carboxylic acids is 1. The third-order valence-electron chi connectivity index (χ3n) is 1.84. The van der Waals surface area contributed by atoms with E-state index in [2.05, 4.69) is 31.9 Å². The lowest BCUT2D eigenvalue weighted by Gasteiger charge is -2.08. The van der Waals surface area contributed by atoms with E-state index in [0.29, 0.717) is 0 Å². The van der Waals surface area contributed by atoms with Crippen molar-refractivity contribution in [2.75, 3.05) is 6.61 Å². The van der Waals surface area contributed by atoms with Gasteiger partial charge < -0.3 is 4.74 Å².